The molecular formula is C14H16N2O. The van der Waals surface area contributed by atoms with Gasteiger partial charge in [-0.15, -0.1) is 0 Å². The van der Waals surface area contributed by atoms with E-state index in [0.29, 0.717) is 0 Å². The van der Waals surface area contributed by atoms with Gasteiger partial charge in [-0.05, 0) is 49.3 Å². The van der Waals surface area contributed by atoms with Gasteiger partial charge in [-0.1, -0.05) is 11.2 Å². The molecule has 2 aromatic rings. The minimum Gasteiger partial charge on any atom is -0.356 e. The lowest BCUT2D eigenvalue weighted by molar-refractivity contribution is 0.404. The molecule has 0 amide bonds. The van der Waals surface area contributed by atoms with Gasteiger partial charge in [-0.2, -0.15) is 0 Å². The number of fused-ring (bicyclic) bond motifs is 3. The van der Waals surface area contributed by atoms with Crippen molar-refractivity contribution in [3.63, 3.8) is 0 Å². The summed E-state index contributed by atoms with van der Waals surface area (Å²) >= 11 is 0. The van der Waals surface area contributed by atoms with Crippen LogP contribution >= 0.6 is 0 Å². The maximum atomic E-state index is 5.13. The van der Waals surface area contributed by atoms with E-state index in [1.165, 1.54) is 31.2 Å². The Morgan fingerprint density at radius 3 is 3.18 bits per heavy atom. The molecule has 0 spiro atoms. The second kappa shape index (κ2) is 3.57. The zero-order valence-corrected chi connectivity index (χ0v) is 9.73. The lowest BCUT2D eigenvalue weighted by Crippen LogP contribution is -2.24. The fourth-order valence-electron chi connectivity index (χ4n) is 3.51. The fourth-order valence-corrected chi connectivity index (χ4v) is 3.51. The van der Waals surface area contributed by atoms with Crippen LogP contribution in [0.15, 0.2) is 28.9 Å². The normalized spacial score (nSPS) is 31.4. The zero-order chi connectivity index (χ0) is 11.2. The Morgan fingerprint density at radius 2 is 2.35 bits per heavy atom. The average molecular weight is 228 g/mol. The smallest absolute Gasteiger partial charge is 0.166 e. The number of hydrogen-bond donors (Lipinski definition) is 1. The van der Waals surface area contributed by atoms with Crippen LogP contribution in [0.4, 0.5) is 0 Å². The molecule has 3 unspecified atom stereocenters. The topological polar surface area (TPSA) is 38.1 Å². The molecule has 0 radical (unpaired) electrons. The summed E-state index contributed by atoms with van der Waals surface area (Å²) in [6.45, 7) is 0. The van der Waals surface area contributed by atoms with Crippen molar-refractivity contribution < 1.29 is 4.52 Å². The Bertz CT molecular complexity index is 548. The molecule has 1 N–H and O–H groups in total. The Hall–Kier alpha value is -1.35. The summed E-state index contributed by atoms with van der Waals surface area (Å²) < 4.78 is 5.13. The van der Waals surface area contributed by atoms with Gasteiger partial charge >= 0.3 is 0 Å². The predicted molar refractivity (Wildman–Crippen MR) is 65.8 cm³/mol. The highest BCUT2D eigenvalue weighted by Gasteiger charge is 2.38. The summed E-state index contributed by atoms with van der Waals surface area (Å²) in [6.07, 6.45) is 7.09. The van der Waals surface area contributed by atoms with E-state index >= 15 is 0 Å². The number of nitrogens with zero attached hydrogens (tertiary/aromatic N) is 1. The van der Waals surface area contributed by atoms with Gasteiger partial charge < -0.3 is 9.84 Å². The first kappa shape index (κ1) is 9.66. The van der Waals surface area contributed by atoms with Crippen LogP contribution in [0.1, 0.15) is 24.8 Å². The first-order valence-corrected chi connectivity index (χ1v) is 6.48. The molecule has 2 fully saturated rings. The van der Waals surface area contributed by atoms with E-state index in [9.17, 15) is 0 Å². The monoisotopic (exact) mass is 228 g/mol. The van der Waals surface area contributed by atoms with Crippen molar-refractivity contribution in [2.45, 2.75) is 37.8 Å². The highest BCUT2D eigenvalue weighted by Crippen LogP contribution is 2.35. The molecular weight excluding hydrogens is 212 g/mol. The predicted octanol–water partition coefficient (Wildman–Crippen LogP) is 2.51. The Kier molecular flexibility index (Phi) is 2.03. The van der Waals surface area contributed by atoms with Gasteiger partial charge in [0.2, 0.25) is 0 Å². The first-order chi connectivity index (χ1) is 8.38. The third-order valence-corrected chi connectivity index (χ3v) is 4.35. The van der Waals surface area contributed by atoms with E-state index in [0.717, 1.165) is 29.0 Å². The summed E-state index contributed by atoms with van der Waals surface area (Å²) in [5.74, 6) is 0.825. The molecule has 0 saturated carbocycles. The van der Waals surface area contributed by atoms with Crippen LogP contribution in [0, 0.1) is 5.92 Å². The van der Waals surface area contributed by atoms with E-state index in [4.69, 9.17) is 4.52 Å². The highest BCUT2D eigenvalue weighted by atomic mass is 16.5. The van der Waals surface area contributed by atoms with Gasteiger partial charge in [0.05, 0.1) is 6.20 Å². The molecule has 4 rings (SSSR count). The first-order valence-electron chi connectivity index (χ1n) is 6.48. The Balaban J connectivity index is 1.58. The van der Waals surface area contributed by atoms with Crippen molar-refractivity contribution in [3.05, 3.63) is 30.0 Å². The third-order valence-electron chi connectivity index (χ3n) is 4.35. The molecule has 88 valence electrons. The highest BCUT2D eigenvalue weighted by molar-refractivity contribution is 5.76. The van der Waals surface area contributed by atoms with Crippen molar-refractivity contribution >= 4 is 11.0 Å². The van der Waals surface area contributed by atoms with Crippen molar-refractivity contribution in [2.75, 3.05) is 0 Å². The van der Waals surface area contributed by atoms with Crippen LogP contribution in [0.25, 0.3) is 11.0 Å². The molecule has 2 aliphatic heterocycles. The van der Waals surface area contributed by atoms with Gasteiger partial charge in [-0.3, -0.25) is 0 Å². The number of rotatable bonds is 2. The summed E-state index contributed by atoms with van der Waals surface area (Å²) in [4.78, 5) is 0. The van der Waals surface area contributed by atoms with Gasteiger partial charge in [0.25, 0.3) is 0 Å². The molecule has 3 heterocycles. The van der Waals surface area contributed by atoms with Crippen LogP contribution < -0.4 is 5.32 Å². The van der Waals surface area contributed by atoms with Crippen molar-refractivity contribution in [1.82, 2.24) is 10.5 Å². The minimum atomic E-state index is 0.762. The molecule has 1 aromatic carbocycles. The van der Waals surface area contributed by atoms with Crippen LogP contribution in [0.5, 0.6) is 0 Å². The van der Waals surface area contributed by atoms with Crippen molar-refractivity contribution in [2.24, 2.45) is 5.92 Å². The van der Waals surface area contributed by atoms with Crippen LogP contribution in [0.3, 0.4) is 0 Å². The molecule has 2 bridgehead atoms. The van der Waals surface area contributed by atoms with E-state index in [2.05, 4.69) is 22.6 Å². The molecule has 17 heavy (non-hydrogen) atoms. The molecule has 0 aliphatic carbocycles. The molecule has 2 aliphatic rings. The van der Waals surface area contributed by atoms with Crippen molar-refractivity contribution in [3.8, 4) is 0 Å². The molecule has 1 aromatic heterocycles. The Labute approximate surface area is 100 Å². The summed E-state index contributed by atoms with van der Waals surface area (Å²) in [7, 11) is 0. The second-order valence-corrected chi connectivity index (χ2v) is 5.45. The number of benzene rings is 1. The number of aromatic nitrogens is 1. The van der Waals surface area contributed by atoms with Crippen molar-refractivity contribution in [1.29, 1.82) is 0 Å². The molecule has 3 heteroatoms. The van der Waals surface area contributed by atoms with E-state index in [1.54, 1.807) is 6.20 Å². The molecule has 2 saturated heterocycles. The van der Waals surface area contributed by atoms with Gasteiger partial charge in [0.15, 0.2) is 5.58 Å². The van der Waals surface area contributed by atoms with E-state index < -0.39 is 0 Å². The zero-order valence-electron chi connectivity index (χ0n) is 9.73. The van der Waals surface area contributed by atoms with E-state index in [-0.39, 0.29) is 0 Å². The quantitative estimate of drug-likeness (QED) is 0.858. The van der Waals surface area contributed by atoms with Gasteiger partial charge in [0.1, 0.15) is 0 Å². The average Bonchev–Trinajstić information content (AvgIpc) is 3.03. The fraction of sp³-hybridized carbons (Fsp3) is 0.500. The maximum absolute atomic E-state index is 5.13. The summed E-state index contributed by atoms with van der Waals surface area (Å²) in [5, 5.41) is 8.65. The number of hydrogen-bond acceptors (Lipinski definition) is 3. The largest absolute Gasteiger partial charge is 0.356 e. The Morgan fingerprint density at radius 1 is 1.35 bits per heavy atom. The van der Waals surface area contributed by atoms with Crippen LogP contribution in [-0.4, -0.2) is 17.2 Å². The second-order valence-electron chi connectivity index (χ2n) is 5.45. The van der Waals surface area contributed by atoms with Crippen LogP contribution in [0.2, 0.25) is 0 Å². The minimum absolute atomic E-state index is 0.762. The SMILES string of the molecule is c1cc2oncc2cc1CC1CC2CCC1N2. The van der Waals surface area contributed by atoms with Gasteiger partial charge in [0, 0.05) is 17.5 Å². The summed E-state index contributed by atoms with van der Waals surface area (Å²) in [5.41, 5.74) is 2.31. The number of nitrogens with one attached hydrogen (secondary N) is 1. The molecule has 3 nitrogen and oxygen atoms in total. The lowest BCUT2D eigenvalue weighted by atomic mass is 9.84. The van der Waals surface area contributed by atoms with Crippen LogP contribution in [-0.2, 0) is 6.42 Å². The van der Waals surface area contributed by atoms with Gasteiger partial charge in [-0.25, -0.2) is 0 Å². The lowest BCUT2D eigenvalue weighted by Gasteiger charge is -2.19. The van der Waals surface area contributed by atoms with E-state index in [1.807, 2.05) is 6.07 Å². The standard InChI is InChI=1S/C14H16N2O/c1-4-14-11(8-15-17-14)6-9(1)5-10-7-12-2-3-13(10)16-12/h1,4,6,8,10,12-13,16H,2-3,5,7H2. The molecule has 3 atom stereocenters. The summed E-state index contributed by atoms with van der Waals surface area (Å²) in [6, 6.07) is 8.00. The third kappa shape index (κ3) is 1.57. The maximum Gasteiger partial charge on any atom is 0.166 e.